The van der Waals surface area contributed by atoms with Crippen molar-refractivity contribution in [3.63, 3.8) is 0 Å². The molecular formula is C29H30N2O6S. The number of esters is 1. The molecule has 8 nitrogen and oxygen atoms in total. The number of ether oxygens (including phenoxy) is 2. The molecule has 0 aliphatic carbocycles. The summed E-state index contributed by atoms with van der Waals surface area (Å²) in [5.74, 6) is -1.88. The highest BCUT2D eigenvalue weighted by atomic mass is 32.1. The first-order valence-electron chi connectivity index (χ1n) is 12.3. The quantitative estimate of drug-likeness (QED) is 0.180. The van der Waals surface area contributed by atoms with E-state index in [1.165, 1.54) is 12.0 Å². The number of aromatic nitrogens is 1. The third-order valence-corrected chi connectivity index (χ3v) is 7.50. The van der Waals surface area contributed by atoms with Crippen molar-refractivity contribution in [3.8, 4) is 5.75 Å². The normalized spacial score (nSPS) is 17.6. The number of aliphatic hydroxyl groups is 1. The molecule has 0 saturated carbocycles. The van der Waals surface area contributed by atoms with E-state index in [2.05, 4.69) is 4.98 Å². The van der Waals surface area contributed by atoms with Crippen molar-refractivity contribution in [3.05, 3.63) is 81.9 Å². The SMILES string of the molecule is COC(=O)c1sc(N2C(=O)C(=O)/C(=C(/O)c3ccc(OCC(C)C)cc3)C2C(C)c2ccccc2)nc1C. The number of aryl methyl sites for hydroxylation is 1. The predicted molar refractivity (Wildman–Crippen MR) is 146 cm³/mol. The molecule has 9 heteroatoms. The molecule has 2 heterocycles. The number of hydrogen-bond acceptors (Lipinski definition) is 8. The number of methoxy groups -OCH3 is 1. The molecule has 3 aromatic rings. The summed E-state index contributed by atoms with van der Waals surface area (Å²) in [6.07, 6.45) is 0. The van der Waals surface area contributed by atoms with Gasteiger partial charge in [-0.05, 0) is 42.7 Å². The lowest BCUT2D eigenvalue weighted by Gasteiger charge is -2.28. The van der Waals surface area contributed by atoms with Crippen molar-refractivity contribution in [1.29, 1.82) is 0 Å². The minimum absolute atomic E-state index is 0.0188. The molecule has 1 fully saturated rings. The Bertz CT molecular complexity index is 1380. The number of rotatable bonds is 8. The number of Topliss-reactive ketones (excluding diaryl/α,β-unsaturated/α-hetero) is 1. The van der Waals surface area contributed by atoms with Crippen molar-refractivity contribution in [2.24, 2.45) is 5.92 Å². The summed E-state index contributed by atoms with van der Waals surface area (Å²) in [6.45, 7) is 8.17. The number of aliphatic hydroxyl groups excluding tert-OH is 1. The molecule has 198 valence electrons. The van der Waals surface area contributed by atoms with Crippen LogP contribution in [-0.2, 0) is 14.3 Å². The van der Waals surface area contributed by atoms with Crippen LogP contribution in [0, 0.1) is 12.8 Å². The molecule has 1 saturated heterocycles. The molecule has 1 aliphatic rings. The molecule has 4 rings (SSSR count). The van der Waals surface area contributed by atoms with E-state index >= 15 is 0 Å². The predicted octanol–water partition coefficient (Wildman–Crippen LogP) is 5.33. The third kappa shape index (κ3) is 5.19. The highest BCUT2D eigenvalue weighted by Gasteiger charge is 2.50. The average molecular weight is 535 g/mol. The van der Waals surface area contributed by atoms with Crippen LogP contribution in [0.1, 0.15) is 53.2 Å². The van der Waals surface area contributed by atoms with Crippen molar-refractivity contribution >= 4 is 39.9 Å². The molecule has 1 aliphatic heterocycles. The summed E-state index contributed by atoms with van der Waals surface area (Å²) in [4.78, 5) is 45.0. The average Bonchev–Trinajstić information content (AvgIpc) is 3.43. The maximum atomic E-state index is 13.4. The molecule has 2 aromatic carbocycles. The van der Waals surface area contributed by atoms with Crippen LogP contribution >= 0.6 is 11.3 Å². The molecule has 2 atom stereocenters. The molecule has 1 amide bonds. The van der Waals surface area contributed by atoms with Gasteiger partial charge in [-0.1, -0.05) is 62.4 Å². The van der Waals surface area contributed by atoms with Crippen molar-refractivity contribution in [1.82, 2.24) is 4.98 Å². The van der Waals surface area contributed by atoms with E-state index in [0.29, 0.717) is 29.5 Å². The molecule has 1 N–H and O–H groups in total. The number of carbonyl (C=O) groups is 3. The van der Waals surface area contributed by atoms with Crippen LogP contribution in [0.25, 0.3) is 5.76 Å². The maximum absolute atomic E-state index is 13.4. The number of carbonyl (C=O) groups excluding carboxylic acids is 3. The van der Waals surface area contributed by atoms with Gasteiger partial charge < -0.3 is 14.6 Å². The first-order chi connectivity index (χ1) is 18.1. The van der Waals surface area contributed by atoms with Gasteiger partial charge in [0.15, 0.2) is 5.13 Å². The van der Waals surface area contributed by atoms with Crippen molar-refractivity contribution < 1.29 is 29.0 Å². The standard InChI is InChI=1S/C29H30N2O6S/c1-16(2)15-37-21-13-11-20(12-14-21)24(32)22-23(17(3)19-9-7-6-8-10-19)31(27(34)25(22)33)29-30-18(4)26(38-29)28(35)36-5/h6-14,16-17,23,32H,15H2,1-5H3/b24-22+. The summed E-state index contributed by atoms with van der Waals surface area (Å²) >= 11 is 0.977. The zero-order chi connectivity index (χ0) is 27.6. The van der Waals surface area contributed by atoms with Gasteiger partial charge in [-0.15, -0.1) is 0 Å². The van der Waals surface area contributed by atoms with Crippen molar-refractivity contribution in [2.75, 3.05) is 18.6 Å². The zero-order valence-electron chi connectivity index (χ0n) is 21.9. The van der Waals surface area contributed by atoms with E-state index in [1.54, 1.807) is 31.2 Å². The van der Waals surface area contributed by atoms with E-state index in [9.17, 15) is 19.5 Å². The molecular weight excluding hydrogens is 504 g/mol. The van der Waals surface area contributed by atoms with Crippen LogP contribution in [0.3, 0.4) is 0 Å². The summed E-state index contributed by atoms with van der Waals surface area (Å²) in [7, 11) is 1.27. The smallest absolute Gasteiger partial charge is 0.350 e. The summed E-state index contributed by atoms with van der Waals surface area (Å²) in [6, 6.07) is 15.3. The number of amides is 1. The van der Waals surface area contributed by atoms with E-state index in [1.807, 2.05) is 51.1 Å². The lowest BCUT2D eigenvalue weighted by atomic mass is 9.87. The number of thiazole rings is 1. The Labute approximate surface area is 225 Å². The van der Waals surface area contributed by atoms with Crippen LogP contribution in [0.5, 0.6) is 5.75 Å². The molecule has 0 radical (unpaired) electrons. The van der Waals surface area contributed by atoms with Gasteiger partial charge >= 0.3 is 11.9 Å². The molecule has 0 spiro atoms. The number of ketones is 1. The Hall–Kier alpha value is -3.98. The van der Waals surface area contributed by atoms with Gasteiger partial charge in [0.2, 0.25) is 0 Å². The Kier molecular flexibility index (Phi) is 7.97. The monoisotopic (exact) mass is 534 g/mol. The highest BCUT2D eigenvalue weighted by molar-refractivity contribution is 7.17. The van der Waals surface area contributed by atoms with Gasteiger partial charge in [-0.25, -0.2) is 9.78 Å². The number of nitrogens with zero attached hydrogens (tertiary/aromatic N) is 2. The van der Waals surface area contributed by atoms with Crippen LogP contribution < -0.4 is 9.64 Å². The second-order valence-corrected chi connectivity index (χ2v) is 10.5. The number of anilines is 1. The molecule has 1 aromatic heterocycles. The lowest BCUT2D eigenvalue weighted by molar-refractivity contribution is -0.132. The largest absolute Gasteiger partial charge is 0.507 e. The molecule has 2 unspecified atom stereocenters. The summed E-state index contributed by atoms with van der Waals surface area (Å²) < 4.78 is 10.6. The third-order valence-electron chi connectivity index (χ3n) is 6.36. The Balaban J connectivity index is 1.82. The van der Waals surface area contributed by atoms with Gasteiger partial charge in [0.25, 0.3) is 5.78 Å². The topological polar surface area (TPSA) is 106 Å². The van der Waals surface area contributed by atoms with Gasteiger partial charge in [0.05, 0.1) is 31.0 Å². The zero-order valence-corrected chi connectivity index (χ0v) is 22.7. The Morgan fingerprint density at radius 2 is 1.74 bits per heavy atom. The summed E-state index contributed by atoms with van der Waals surface area (Å²) in [5, 5.41) is 11.6. The lowest BCUT2D eigenvalue weighted by Crippen LogP contribution is -2.37. The van der Waals surface area contributed by atoms with Crippen molar-refractivity contribution in [2.45, 2.75) is 39.7 Å². The van der Waals surface area contributed by atoms with Crippen LogP contribution in [0.2, 0.25) is 0 Å². The minimum atomic E-state index is -0.856. The highest BCUT2D eigenvalue weighted by Crippen LogP contribution is 2.41. The summed E-state index contributed by atoms with van der Waals surface area (Å²) in [5.41, 5.74) is 1.63. The molecule has 38 heavy (non-hydrogen) atoms. The van der Waals surface area contributed by atoms with E-state index in [0.717, 1.165) is 16.9 Å². The number of hydrogen-bond donors (Lipinski definition) is 1. The van der Waals surface area contributed by atoms with Crippen LogP contribution in [0.15, 0.2) is 60.2 Å². The van der Waals surface area contributed by atoms with E-state index in [-0.39, 0.29) is 27.3 Å². The van der Waals surface area contributed by atoms with Gasteiger partial charge in [0, 0.05) is 11.5 Å². The second-order valence-electron chi connectivity index (χ2n) is 9.54. The van der Waals surface area contributed by atoms with Crippen LogP contribution in [-0.4, -0.2) is 47.5 Å². The van der Waals surface area contributed by atoms with E-state index < -0.39 is 23.7 Å². The first-order valence-corrected chi connectivity index (χ1v) is 13.1. The number of benzene rings is 2. The Morgan fingerprint density at radius 3 is 2.34 bits per heavy atom. The fraction of sp³-hybridized carbons (Fsp3) is 0.310. The van der Waals surface area contributed by atoms with Gasteiger partial charge in [-0.2, -0.15) is 0 Å². The van der Waals surface area contributed by atoms with E-state index in [4.69, 9.17) is 9.47 Å². The van der Waals surface area contributed by atoms with Gasteiger partial charge in [-0.3, -0.25) is 14.5 Å². The molecule has 0 bridgehead atoms. The van der Waals surface area contributed by atoms with Crippen LogP contribution in [0.4, 0.5) is 5.13 Å². The first kappa shape index (κ1) is 27.1. The fourth-order valence-corrected chi connectivity index (χ4v) is 5.40. The van der Waals surface area contributed by atoms with Gasteiger partial charge in [0.1, 0.15) is 16.4 Å². The minimum Gasteiger partial charge on any atom is -0.507 e. The fourth-order valence-electron chi connectivity index (χ4n) is 4.38. The Morgan fingerprint density at radius 1 is 1.08 bits per heavy atom. The second kappa shape index (κ2) is 11.2. The maximum Gasteiger partial charge on any atom is 0.350 e.